The van der Waals surface area contributed by atoms with Crippen molar-refractivity contribution in [1.29, 1.82) is 0 Å². The minimum atomic E-state index is 0.0960. The number of ether oxygens (including phenoxy) is 1. The summed E-state index contributed by atoms with van der Waals surface area (Å²) in [6, 6.07) is 18.0. The van der Waals surface area contributed by atoms with Gasteiger partial charge in [0.1, 0.15) is 11.9 Å². The first-order chi connectivity index (χ1) is 13.3. The van der Waals surface area contributed by atoms with E-state index in [9.17, 15) is 4.79 Å². The number of carbonyl (C=O) groups excluding carboxylic acids is 1. The minimum absolute atomic E-state index is 0.0960. The van der Waals surface area contributed by atoms with Gasteiger partial charge in [0.15, 0.2) is 0 Å². The van der Waals surface area contributed by atoms with E-state index >= 15 is 0 Å². The highest BCUT2D eigenvalue weighted by atomic mass is 16.5. The first kappa shape index (κ1) is 18.1. The molecule has 2 aromatic rings. The number of likely N-dealkylation sites (tertiary alicyclic amines) is 2. The third kappa shape index (κ3) is 4.69. The van der Waals surface area contributed by atoms with Crippen molar-refractivity contribution in [1.82, 2.24) is 9.80 Å². The zero-order chi connectivity index (χ0) is 18.5. The van der Waals surface area contributed by atoms with E-state index in [0.717, 1.165) is 17.9 Å². The molecule has 4 rings (SSSR count). The Morgan fingerprint density at radius 3 is 2.22 bits per heavy atom. The Kier molecular flexibility index (Phi) is 5.73. The number of rotatable bonds is 5. The van der Waals surface area contributed by atoms with Crippen molar-refractivity contribution in [3.05, 3.63) is 65.7 Å². The maximum atomic E-state index is 12.6. The van der Waals surface area contributed by atoms with E-state index in [0.29, 0.717) is 13.1 Å². The number of para-hydroxylation sites is 1. The number of benzene rings is 2. The number of nitrogens with zero attached hydrogens (tertiary/aromatic N) is 2. The van der Waals surface area contributed by atoms with Gasteiger partial charge in [-0.05, 0) is 55.8 Å². The quantitative estimate of drug-likeness (QED) is 0.805. The van der Waals surface area contributed by atoms with Gasteiger partial charge in [0.25, 0.3) is 5.91 Å². The third-order valence-electron chi connectivity index (χ3n) is 5.49. The van der Waals surface area contributed by atoms with Crippen LogP contribution in [0.3, 0.4) is 0 Å². The lowest BCUT2D eigenvalue weighted by molar-refractivity contribution is 0.0178. The summed E-state index contributed by atoms with van der Waals surface area (Å²) >= 11 is 0. The fourth-order valence-electron chi connectivity index (χ4n) is 3.86. The molecule has 142 valence electrons. The maximum absolute atomic E-state index is 12.6. The molecule has 0 spiro atoms. The number of carbonyl (C=O) groups is 1. The van der Waals surface area contributed by atoms with Gasteiger partial charge in [-0.3, -0.25) is 9.69 Å². The highest BCUT2D eigenvalue weighted by Gasteiger charge is 2.32. The van der Waals surface area contributed by atoms with Crippen LogP contribution in [0.25, 0.3) is 0 Å². The second-order valence-corrected chi connectivity index (χ2v) is 7.65. The van der Waals surface area contributed by atoms with Crippen LogP contribution in [0, 0.1) is 0 Å². The number of amides is 1. The molecule has 0 N–H and O–H groups in total. The molecule has 1 amide bonds. The maximum Gasteiger partial charge on any atom is 0.254 e. The number of hydrogen-bond donors (Lipinski definition) is 0. The molecule has 4 nitrogen and oxygen atoms in total. The van der Waals surface area contributed by atoms with Crippen molar-refractivity contribution >= 4 is 5.91 Å². The molecule has 4 heteroatoms. The van der Waals surface area contributed by atoms with Crippen LogP contribution >= 0.6 is 0 Å². The Balaban J connectivity index is 1.27. The normalized spacial score (nSPS) is 18.6. The van der Waals surface area contributed by atoms with E-state index in [1.54, 1.807) is 0 Å². The van der Waals surface area contributed by atoms with Gasteiger partial charge in [-0.15, -0.1) is 0 Å². The largest absolute Gasteiger partial charge is 0.487 e. The highest BCUT2D eigenvalue weighted by molar-refractivity contribution is 5.94. The summed E-state index contributed by atoms with van der Waals surface area (Å²) < 4.78 is 5.88. The van der Waals surface area contributed by atoms with Crippen LogP contribution < -0.4 is 4.74 Å². The molecule has 0 atom stereocenters. The molecule has 2 fully saturated rings. The smallest absolute Gasteiger partial charge is 0.254 e. The van der Waals surface area contributed by atoms with Gasteiger partial charge >= 0.3 is 0 Å². The Bertz CT molecular complexity index is 731. The molecule has 0 saturated carbocycles. The van der Waals surface area contributed by atoms with Crippen LogP contribution in [0.5, 0.6) is 5.75 Å². The van der Waals surface area contributed by atoms with E-state index in [1.165, 1.54) is 44.3 Å². The van der Waals surface area contributed by atoms with Crippen molar-refractivity contribution < 1.29 is 9.53 Å². The molecular weight excluding hydrogens is 336 g/mol. The van der Waals surface area contributed by atoms with Gasteiger partial charge in [0.05, 0.1) is 13.1 Å². The molecule has 0 aliphatic carbocycles. The Hall–Kier alpha value is -2.33. The lowest BCUT2D eigenvalue weighted by Gasteiger charge is -2.39. The van der Waals surface area contributed by atoms with Gasteiger partial charge in [-0.1, -0.05) is 43.2 Å². The van der Waals surface area contributed by atoms with E-state index in [1.807, 2.05) is 47.4 Å². The fourth-order valence-corrected chi connectivity index (χ4v) is 3.86. The predicted molar refractivity (Wildman–Crippen MR) is 107 cm³/mol. The molecule has 0 radical (unpaired) electrons. The van der Waals surface area contributed by atoms with Crippen LogP contribution in [-0.4, -0.2) is 48.0 Å². The topological polar surface area (TPSA) is 32.8 Å². The Labute approximate surface area is 161 Å². The molecule has 2 aliphatic rings. The zero-order valence-corrected chi connectivity index (χ0v) is 15.8. The summed E-state index contributed by atoms with van der Waals surface area (Å²) in [4.78, 5) is 17.0. The van der Waals surface area contributed by atoms with Gasteiger partial charge < -0.3 is 9.64 Å². The van der Waals surface area contributed by atoms with Crippen molar-refractivity contribution in [2.45, 2.75) is 38.3 Å². The van der Waals surface area contributed by atoms with Crippen molar-refractivity contribution in [2.75, 3.05) is 26.2 Å². The van der Waals surface area contributed by atoms with Crippen molar-refractivity contribution in [3.63, 3.8) is 0 Å². The fraction of sp³-hybridized carbons (Fsp3) is 0.435. The van der Waals surface area contributed by atoms with E-state index in [-0.39, 0.29) is 12.0 Å². The second-order valence-electron chi connectivity index (χ2n) is 7.65. The van der Waals surface area contributed by atoms with Crippen LogP contribution in [0.4, 0.5) is 0 Å². The van der Waals surface area contributed by atoms with Gasteiger partial charge in [-0.25, -0.2) is 0 Å². The summed E-state index contributed by atoms with van der Waals surface area (Å²) in [5.74, 6) is 0.969. The van der Waals surface area contributed by atoms with E-state index in [2.05, 4.69) is 17.0 Å². The van der Waals surface area contributed by atoms with E-state index < -0.39 is 0 Å². The molecule has 0 aromatic heterocycles. The summed E-state index contributed by atoms with van der Waals surface area (Å²) in [5.41, 5.74) is 2.06. The molecule has 2 saturated heterocycles. The third-order valence-corrected chi connectivity index (χ3v) is 5.49. The lowest BCUT2D eigenvalue weighted by Crippen LogP contribution is -2.56. The van der Waals surface area contributed by atoms with Crippen LogP contribution in [0.1, 0.15) is 41.6 Å². The van der Waals surface area contributed by atoms with E-state index in [4.69, 9.17) is 4.74 Å². The minimum Gasteiger partial charge on any atom is -0.487 e. The highest BCUT2D eigenvalue weighted by Crippen LogP contribution is 2.20. The Morgan fingerprint density at radius 2 is 1.56 bits per heavy atom. The summed E-state index contributed by atoms with van der Waals surface area (Å²) in [6.07, 6.45) is 5.41. The van der Waals surface area contributed by atoms with Gasteiger partial charge in [-0.2, -0.15) is 0 Å². The van der Waals surface area contributed by atoms with Crippen LogP contribution in [0.15, 0.2) is 54.6 Å². The number of hydrogen-bond acceptors (Lipinski definition) is 3. The molecule has 2 aliphatic heterocycles. The molecule has 27 heavy (non-hydrogen) atoms. The lowest BCUT2D eigenvalue weighted by atomic mass is 10.1. The molecule has 2 aromatic carbocycles. The second kappa shape index (κ2) is 8.57. The molecule has 0 bridgehead atoms. The van der Waals surface area contributed by atoms with Gasteiger partial charge in [0.2, 0.25) is 0 Å². The molecule has 2 heterocycles. The summed E-state index contributed by atoms with van der Waals surface area (Å²) in [7, 11) is 0. The summed E-state index contributed by atoms with van der Waals surface area (Å²) in [5, 5.41) is 0. The van der Waals surface area contributed by atoms with Crippen molar-refractivity contribution in [2.24, 2.45) is 0 Å². The Morgan fingerprint density at radius 1 is 0.889 bits per heavy atom. The van der Waals surface area contributed by atoms with Gasteiger partial charge in [0, 0.05) is 12.1 Å². The zero-order valence-electron chi connectivity index (χ0n) is 15.8. The first-order valence-electron chi connectivity index (χ1n) is 10.1. The average molecular weight is 364 g/mol. The predicted octanol–water partition coefficient (Wildman–Crippen LogP) is 3.97. The van der Waals surface area contributed by atoms with Crippen LogP contribution in [-0.2, 0) is 6.54 Å². The monoisotopic (exact) mass is 364 g/mol. The SMILES string of the molecule is O=C(c1ccc(CN2CCCCCC2)cc1)N1CC(Oc2ccccc2)C1. The van der Waals surface area contributed by atoms with Crippen LogP contribution in [0.2, 0.25) is 0 Å². The standard InChI is InChI=1S/C23H28N2O2/c26-23(25-17-22(18-25)27-21-8-4-3-5-9-21)20-12-10-19(11-13-20)16-24-14-6-1-2-7-15-24/h3-5,8-13,22H,1-2,6-7,14-18H2. The molecule has 0 unspecified atom stereocenters. The first-order valence-corrected chi connectivity index (χ1v) is 10.1. The summed E-state index contributed by atoms with van der Waals surface area (Å²) in [6.45, 7) is 4.69. The molecular formula is C23H28N2O2. The average Bonchev–Trinajstić information content (AvgIpc) is 2.94. The van der Waals surface area contributed by atoms with Crippen molar-refractivity contribution in [3.8, 4) is 5.75 Å².